The van der Waals surface area contributed by atoms with Crippen LogP contribution < -0.4 is 10.6 Å². The third-order valence-corrected chi connectivity index (χ3v) is 4.10. The minimum Gasteiger partial charge on any atom is -0.481 e. The van der Waals surface area contributed by atoms with Crippen LogP contribution in [0.2, 0.25) is 4.34 Å². The van der Waals surface area contributed by atoms with Crippen molar-refractivity contribution in [3.8, 4) is 0 Å². The molecular weight excluding hydrogens is 312 g/mol. The van der Waals surface area contributed by atoms with Gasteiger partial charge < -0.3 is 15.7 Å². The molecule has 1 aromatic rings. The van der Waals surface area contributed by atoms with E-state index in [-0.39, 0.29) is 18.4 Å². The minimum atomic E-state index is -0.837. The van der Waals surface area contributed by atoms with Crippen molar-refractivity contribution in [1.29, 1.82) is 0 Å². The van der Waals surface area contributed by atoms with Gasteiger partial charge in [0.1, 0.15) is 0 Å². The van der Waals surface area contributed by atoms with E-state index in [1.165, 1.54) is 11.3 Å². The Balaban J connectivity index is 2.33. The number of thiophene rings is 1. The highest BCUT2D eigenvalue weighted by Gasteiger charge is 2.16. The van der Waals surface area contributed by atoms with Crippen molar-refractivity contribution in [3.63, 3.8) is 0 Å². The Labute approximate surface area is 133 Å². The van der Waals surface area contributed by atoms with Crippen molar-refractivity contribution in [1.82, 2.24) is 10.6 Å². The lowest BCUT2D eigenvalue weighted by molar-refractivity contribution is -0.138. The summed E-state index contributed by atoms with van der Waals surface area (Å²) in [6.45, 7) is 4.85. The molecule has 1 aromatic heterocycles. The van der Waals surface area contributed by atoms with Gasteiger partial charge in [0.25, 0.3) is 0 Å². The third kappa shape index (κ3) is 7.92. The predicted octanol–water partition coefficient (Wildman–Crippen LogP) is 3.34. The number of nitrogens with one attached hydrogen (secondary N) is 2. The molecule has 1 heterocycles. The van der Waals surface area contributed by atoms with Crippen molar-refractivity contribution in [3.05, 3.63) is 21.3 Å². The number of carboxylic acids is 1. The molecule has 0 radical (unpaired) electrons. The molecule has 5 nitrogen and oxygen atoms in total. The molecule has 1 atom stereocenters. The Kier molecular flexibility index (Phi) is 7.53. The lowest BCUT2D eigenvalue weighted by atomic mass is 9.94. The number of hydrogen-bond acceptors (Lipinski definition) is 3. The Bertz CT molecular complexity index is 477. The number of aliphatic carboxylic acids is 1. The quantitative estimate of drug-likeness (QED) is 0.683. The van der Waals surface area contributed by atoms with Crippen LogP contribution in [0.15, 0.2) is 12.1 Å². The molecule has 0 spiro atoms. The van der Waals surface area contributed by atoms with Crippen LogP contribution in [0.1, 0.15) is 31.6 Å². The van der Waals surface area contributed by atoms with Gasteiger partial charge in [-0.05, 0) is 30.4 Å². The van der Waals surface area contributed by atoms with E-state index in [2.05, 4.69) is 10.6 Å². The second-order valence-corrected chi connectivity index (χ2v) is 7.16. The van der Waals surface area contributed by atoms with Gasteiger partial charge >= 0.3 is 12.0 Å². The van der Waals surface area contributed by atoms with Crippen LogP contribution in [0.5, 0.6) is 0 Å². The first kappa shape index (κ1) is 17.8. The van der Waals surface area contributed by atoms with Gasteiger partial charge in [-0.15, -0.1) is 11.3 Å². The predicted molar refractivity (Wildman–Crippen MR) is 84.8 cm³/mol. The normalized spacial score (nSPS) is 12.2. The van der Waals surface area contributed by atoms with Gasteiger partial charge in [-0.1, -0.05) is 25.4 Å². The minimum absolute atomic E-state index is 0.0515. The molecular formula is C14H21ClN2O3S. The van der Waals surface area contributed by atoms with Crippen molar-refractivity contribution in [2.24, 2.45) is 11.8 Å². The molecule has 0 aliphatic rings. The van der Waals surface area contributed by atoms with Crippen LogP contribution in [0.3, 0.4) is 0 Å². The molecule has 118 valence electrons. The second kappa shape index (κ2) is 8.89. The molecule has 0 saturated heterocycles. The Morgan fingerprint density at radius 1 is 1.33 bits per heavy atom. The Hall–Kier alpha value is -1.27. The van der Waals surface area contributed by atoms with E-state index in [0.717, 1.165) is 11.3 Å². The topological polar surface area (TPSA) is 78.4 Å². The zero-order chi connectivity index (χ0) is 15.8. The van der Waals surface area contributed by atoms with Crippen molar-refractivity contribution in [2.75, 3.05) is 6.54 Å². The van der Waals surface area contributed by atoms with Crippen LogP contribution in [0.25, 0.3) is 0 Å². The first-order chi connectivity index (χ1) is 9.86. The summed E-state index contributed by atoms with van der Waals surface area (Å²) in [4.78, 5) is 23.5. The van der Waals surface area contributed by atoms with Crippen molar-refractivity contribution < 1.29 is 14.7 Å². The third-order valence-electron chi connectivity index (χ3n) is 2.87. The first-order valence-corrected chi connectivity index (χ1v) is 8.04. The highest BCUT2D eigenvalue weighted by molar-refractivity contribution is 7.16. The average molecular weight is 333 g/mol. The number of halogens is 1. The molecule has 3 N–H and O–H groups in total. The first-order valence-electron chi connectivity index (χ1n) is 6.84. The van der Waals surface area contributed by atoms with Gasteiger partial charge in [-0.3, -0.25) is 4.79 Å². The molecule has 1 unspecified atom stereocenters. The fraction of sp³-hybridized carbons (Fsp3) is 0.571. The number of amides is 2. The number of hydrogen-bond donors (Lipinski definition) is 3. The van der Waals surface area contributed by atoms with E-state index in [1.54, 1.807) is 6.07 Å². The van der Waals surface area contributed by atoms with Crippen LogP contribution in [0.4, 0.5) is 4.79 Å². The molecule has 0 saturated carbocycles. The number of carbonyl (C=O) groups is 2. The molecule has 0 aliphatic carbocycles. The van der Waals surface area contributed by atoms with E-state index < -0.39 is 5.97 Å². The van der Waals surface area contributed by atoms with Crippen LogP contribution in [-0.4, -0.2) is 23.7 Å². The van der Waals surface area contributed by atoms with E-state index in [4.69, 9.17) is 16.7 Å². The zero-order valence-electron chi connectivity index (χ0n) is 12.2. The SMILES string of the molecule is CC(C)CC(CNC(=O)NCc1ccc(Cl)s1)CC(=O)O. The van der Waals surface area contributed by atoms with E-state index in [0.29, 0.717) is 23.3 Å². The van der Waals surface area contributed by atoms with E-state index >= 15 is 0 Å². The summed E-state index contributed by atoms with van der Waals surface area (Å²) in [5.41, 5.74) is 0. The largest absolute Gasteiger partial charge is 0.481 e. The Morgan fingerprint density at radius 2 is 2.05 bits per heavy atom. The van der Waals surface area contributed by atoms with Crippen molar-refractivity contribution in [2.45, 2.75) is 33.2 Å². The molecule has 0 aliphatic heterocycles. The van der Waals surface area contributed by atoms with Gasteiger partial charge in [0.15, 0.2) is 0 Å². The maximum atomic E-state index is 11.7. The van der Waals surface area contributed by atoms with Crippen LogP contribution >= 0.6 is 22.9 Å². The maximum Gasteiger partial charge on any atom is 0.315 e. The zero-order valence-corrected chi connectivity index (χ0v) is 13.8. The summed E-state index contributed by atoms with van der Waals surface area (Å²) >= 11 is 7.23. The van der Waals surface area contributed by atoms with Gasteiger partial charge in [0, 0.05) is 17.8 Å². The summed E-state index contributed by atoms with van der Waals surface area (Å²) in [7, 11) is 0. The molecule has 0 fully saturated rings. The summed E-state index contributed by atoms with van der Waals surface area (Å²) in [5, 5.41) is 14.3. The molecule has 1 rings (SSSR count). The van der Waals surface area contributed by atoms with Gasteiger partial charge in [0.2, 0.25) is 0 Å². The number of rotatable bonds is 8. The number of urea groups is 1. The van der Waals surface area contributed by atoms with Gasteiger partial charge in [-0.2, -0.15) is 0 Å². The Morgan fingerprint density at radius 3 is 2.57 bits per heavy atom. The fourth-order valence-corrected chi connectivity index (χ4v) is 3.09. The number of carboxylic acid groups (broad SMARTS) is 1. The van der Waals surface area contributed by atoms with Gasteiger partial charge in [0.05, 0.1) is 10.9 Å². The summed E-state index contributed by atoms with van der Waals surface area (Å²) in [5.74, 6) is -0.493. The highest BCUT2D eigenvalue weighted by atomic mass is 35.5. The smallest absolute Gasteiger partial charge is 0.315 e. The summed E-state index contributed by atoms with van der Waals surface area (Å²) < 4.78 is 0.686. The molecule has 7 heteroatoms. The summed E-state index contributed by atoms with van der Waals surface area (Å²) in [6.07, 6.45) is 0.839. The van der Waals surface area contributed by atoms with Crippen LogP contribution in [-0.2, 0) is 11.3 Å². The van der Waals surface area contributed by atoms with Crippen LogP contribution in [0, 0.1) is 11.8 Å². The standard InChI is InChI=1S/C14H21ClN2O3S/c1-9(2)5-10(6-13(18)19)7-16-14(20)17-8-11-3-4-12(15)21-11/h3-4,9-10H,5-8H2,1-2H3,(H,18,19)(H2,16,17,20). The highest BCUT2D eigenvalue weighted by Crippen LogP contribution is 2.21. The fourth-order valence-electron chi connectivity index (χ4n) is 2.07. The van der Waals surface area contributed by atoms with Crippen molar-refractivity contribution >= 4 is 34.9 Å². The second-order valence-electron chi connectivity index (χ2n) is 5.36. The molecule has 0 aromatic carbocycles. The number of carbonyl (C=O) groups excluding carboxylic acids is 1. The molecule has 2 amide bonds. The maximum absolute atomic E-state index is 11.7. The summed E-state index contributed by atoms with van der Waals surface area (Å²) in [6, 6.07) is 3.35. The average Bonchev–Trinajstić information content (AvgIpc) is 2.78. The van der Waals surface area contributed by atoms with Gasteiger partial charge in [-0.25, -0.2) is 4.79 Å². The molecule has 21 heavy (non-hydrogen) atoms. The lowest BCUT2D eigenvalue weighted by Crippen LogP contribution is -2.38. The van der Waals surface area contributed by atoms with E-state index in [9.17, 15) is 9.59 Å². The lowest BCUT2D eigenvalue weighted by Gasteiger charge is -2.17. The monoisotopic (exact) mass is 332 g/mol. The van der Waals surface area contributed by atoms with E-state index in [1.807, 2.05) is 19.9 Å². The molecule has 0 bridgehead atoms.